The van der Waals surface area contributed by atoms with Crippen molar-refractivity contribution < 1.29 is 19.7 Å². The molecule has 2 aromatic carbocycles. The highest BCUT2D eigenvalue weighted by molar-refractivity contribution is 5.73. The Hall–Kier alpha value is -2.37. The molecule has 0 bridgehead atoms. The molecule has 3 N–H and O–H groups in total. The fourth-order valence-electron chi connectivity index (χ4n) is 2.60. The molecule has 134 valence electrons. The van der Waals surface area contributed by atoms with Crippen molar-refractivity contribution in [2.24, 2.45) is 0 Å². The quantitative estimate of drug-likeness (QED) is 0.651. The van der Waals surface area contributed by atoms with Crippen molar-refractivity contribution in [2.75, 3.05) is 13.2 Å². The van der Waals surface area contributed by atoms with E-state index in [4.69, 9.17) is 4.74 Å². The van der Waals surface area contributed by atoms with E-state index in [1.54, 1.807) is 0 Å². The first-order valence-electron chi connectivity index (χ1n) is 8.33. The van der Waals surface area contributed by atoms with Gasteiger partial charge in [-0.3, -0.25) is 4.79 Å². The summed E-state index contributed by atoms with van der Waals surface area (Å²) >= 11 is 0. The highest BCUT2D eigenvalue weighted by Gasteiger charge is 2.29. The molecule has 0 aromatic heterocycles. The Balaban J connectivity index is 1.90. The number of aryl methyl sites for hydroxylation is 1. The van der Waals surface area contributed by atoms with Gasteiger partial charge < -0.3 is 20.3 Å². The van der Waals surface area contributed by atoms with Gasteiger partial charge in [-0.15, -0.1) is 0 Å². The van der Waals surface area contributed by atoms with E-state index >= 15 is 0 Å². The topological polar surface area (TPSA) is 78.8 Å². The standard InChI is InChI=1S/C20H25NO4/c1-16(24)21-20(14-22,15-23)12-11-17-7-9-19(10-8-17)25-13-18-5-3-2-4-6-18/h2-10,22-23H,11-15H2,1H3,(H,21,24). The largest absolute Gasteiger partial charge is 0.489 e. The van der Waals surface area contributed by atoms with Gasteiger partial charge in [0.05, 0.1) is 18.8 Å². The van der Waals surface area contributed by atoms with Crippen LogP contribution in [0.1, 0.15) is 24.5 Å². The van der Waals surface area contributed by atoms with Gasteiger partial charge in [0.15, 0.2) is 0 Å². The molecule has 0 aliphatic carbocycles. The zero-order valence-electron chi connectivity index (χ0n) is 14.4. The van der Waals surface area contributed by atoms with Crippen molar-refractivity contribution in [1.82, 2.24) is 5.32 Å². The van der Waals surface area contributed by atoms with E-state index < -0.39 is 5.54 Å². The minimum absolute atomic E-state index is 0.271. The summed E-state index contributed by atoms with van der Waals surface area (Å²) in [4.78, 5) is 11.3. The van der Waals surface area contributed by atoms with Crippen LogP contribution in [0, 0.1) is 0 Å². The molecule has 0 saturated carbocycles. The number of rotatable bonds is 9. The van der Waals surface area contributed by atoms with Crippen molar-refractivity contribution in [3.8, 4) is 5.75 Å². The van der Waals surface area contributed by atoms with Crippen LogP contribution in [0.2, 0.25) is 0 Å². The molecule has 0 heterocycles. The SMILES string of the molecule is CC(=O)NC(CO)(CO)CCc1ccc(OCc2ccccc2)cc1. The number of aliphatic hydroxyl groups excluding tert-OH is 2. The highest BCUT2D eigenvalue weighted by atomic mass is 16.5. The van der Waals surface area contributed by atoms with Crippen molar-refractivity contribution in [1.29, 1.82) is 0 Å². The fraction of sp³-hybridized carbons (Fsp3) is 0.350. The minimum Gasteiger partial charge on any atom is -0.489 e. The summed E-state index contributed by atoms with van der Waals surface area (Å²) in [7, 11) is 0. The zero-order valence-corrected chi connectivity index (χ0v) is 14.4. The Morgan fingerprint density at radius 1 is 1.00 bits per heavy atom. The summed E-state index contributed by atoms with van der Waals surface area (Å²) in [5.74, 6) is 0.512. The number of nitrogens with one attached hydrogen (secondary N) is 1. The molecule has 2 rings (SSSR count). The molecule has 0 aliphatic rings. The number of aliphatic hydroxyl groups is 2. The van der Waals surface area contributed by atoms with Crippen LogP contribution >= 0.6 is 0 Å². The summed E-state index contributed by atoms with van der Waals surface area (Å²) in [5.41, 5.74) is 1.16. The number of hydrogen-bond acceptors (Lipinski definition) is 4. The van der Waals surface area contributed by atoms with E-state index in [1.165, 1.54) is 6.92 Å². The summed E-state index contributed by atoms with van der Waals surface area (Å²) < 4.78 is 5.75. The van der Waals surface area contributed by atoms with Crippen LogP contribution in [0.25, 0.3) is 0 Å². The molecular weight excluding hydrogens is 318 g/mol. The molecule has 5 heteroatoms. The summed E-state index contributed by atoms with van der Waals surface area (Å²) in [5, 5.41) is 21.7. The van der Waals surface area contributed by atoms with E-state index in [0.29, 0.717) is 19.4 Å². The van der Waals surface area contributed by atoms with Crippen LogP contribution in [0.3, 0.4) is 0 Å². The third-order valence-corrected chi connectivity index (χ3v) is 4.11. The number of benzene rings is 2. The number of hydrogen-bond donors (Lipinski definition) is 3. The van der Waals surface area contributed by atoms with Crippen LogP contribution in [0.15, 0.2) is 54.6 Å². The van der Waals surface area contributed by atoms with Crippen LogP contribution in [0.4, 0.5) is 0 Å². The van der Waals surface area contributed by atoms with Crippen molar-refractivity contribution in [3.05, 3.63) is 65.7 Å². The van der Waals surface area contributed by atoms with Gasteiger partial charge >= 0.3 is 0 Å². The van der Waals surface area contributed by atoms with Crippen LogP contribution in [-0.2, 0) is 17.8 Å². The fourth-order valence-corrected chi connectivity index (χ4v) is 2.60. The number of carbonyl (C=O) groups is 1. The molecule has 0 saturated heterocycles. The third-order valence-electron chi connectivity index (χ3n) is 4.11. The van der Waals surface area contributed by atoms with Gasteiger partial charge in [-0.25, -0.2) is 0 Å². The molecule has 0 fully saturated rings. The van der Waals surface area contributed by atoms with E-state index in [1.807, 2.05) is 54.6 Å². The van der Waals surface area contributed by atoms with E-state index in [2.05, 4.69) is 5.32 Å². The predicted molar refractivity (Wildman–Crippen MR) is 96.3 cm³/mol. The maximum Gasteiger partial charge on any atom is 0.217 e. The maximum atomic E-state index is 11.3. The van der Waals surface area contributed by atoms with Crippen LogP contribution in [-0.4, -0.2) is 34.9 Å². The molecule has 5 nitrogen and oxygen atoms in total. The smallest absolute Gasteiger partial charge is 0.217 e. The molecule has 0 aliphatic heterocycles. The lowest BCUT2D eigenvalue weighted by Gasteiger charge is -2.30. The third kappa shape index (κ3) is 5.89. The Labute approximate surface area is 148 Å². The molecule has 1 amide bonds. The lowest BCUT2D eigenvalue weighted by atomic mass is 9.92. The van der Waals surface area contributed by atoms with Crippen molar-refractivity contribution >= 4 is 5.91 Å². The molecule has 0 spiro atoms. The molecule has 0 unspecified atom stereocenters. The summed E-state index contributed by atoms with van der Waals surface area (Å²) in [6.07, 6.45) is 1.07. The molecular formula is C20H25NO4. The second-order valence-electron chi connectivity index (χ2n) is 6.20. The first-order valence-corrected chi connectivity index (χ1v) is 8.33. The second-order valence-corrected chi connectivity index (χ2v) is 6.20. The number of ether oxygens (including phenoxy) is 1. The maximum absolute atomic E-state index is 11.3. The Kier molecular flexibility index (Phi) is 6.98. The van der Waals surface area contributed by atoms with Crippen molar-refractivity contribution in [3.63, 3.8) is 0 Å². The Morgan fingerprint density at radius 2 is 1.64 bits per heavy atom. The zero-order chi connectivity index (χ0) is 18.1. The van der Waals surface area contributed by atoms with Crippen LogP contribution < -0.4 is 10.1 Å². The number of carbonyl (C=O) groups excluding carboxylic acids is 1. The first kappa shape index (κ1) is 19.0. The molecule has 0 radical (unpaired) electrons. The van der Waals surface area contributed by atoms with Gasteiger partial charge in [0.25, 0.3) is 0 Å². The minimum atomic E-state index is -0.992. The summed E-state index contributed by atoms with van der Waals surface area (Å²) in [6.45, 7) is 1.28. The van der Waals surface area contributed by atoms with E-state index in [-0.39, 0.29) is 19.1 Å². The second kappa shape index (κ2) is 9.20. The van der Waals surface area contributed by atoms with Gasteiger partial charge in [-0.05, 0) is 36.1 Å². The van der Waals surface area contributed by atoms with Gasteiger partial charge in [-0.2, -0.15) is 0 Å². The average Bonchev–Trinajstić information content (AvgIpc) is 2.65. The Bertz CT molecular complexity index is 651. The molecule has 2 aromatic rings. The normalized spacial score (nSPS) is 11.2. The lowest BCUT2D eigenvalue weighted by Crippen LogP contribution is -2.53. The monoisotopic (exact) mass is 343 g/mol. The lowest BCUT2D eigenvalue weighted by molar-refractivity contribution is -0.122. The van der Waals surface area contributed by atoms with Gasteiger partial charge in [0.2, 0.25) is 5.91 Å². The average molecular weight is 343 g/mol. The van der Waals surface area contributed by atoms with Crippen LogP contribution in [0.5, 0.6) is 5.75 Å². The first-order chi connectivity index (χ1) is 12.1. The van der Waals surface area contributed by atoms with Gasteiger partial charge in [-0.1, -0.05) is 42.5 Å². The molecule has 25 heavy (non-hydrogen) atoms. The highest BCUT2D eigenvalue weighted by Crippen LogP contribution is 2.18. The molecule has 0 atom stereocenters. The Morgan fingerprint density at radius 3 is 2.20 bits per heavy atom. The predicted octanol–water partition coefficient (Wildman–Crippen LogP) is 2.06. The van der Waals surface area contributed by atoms with Gasteiger partial charge in [0, 0.05) is 6.92 Å². The van der Waals surface area contributed by atoms with E-state index in [9.17, 15) is 15.0 Å². The number of amides is 1. The van der Waals surface area contributed by atoms with Gasteiger partial charge in [0.1, 0.15) is 12.4 Å². The summed E-state index contributed by atoms with van der Waals surface area (Å²) in [6, 6.07) is 17.7. The van der Waals surface area contributed by atoms with Crippen molar-refractivity contribution in [2.45, 2.75) is 31.9 Å². The van der Waals surface area contributed by atoms with E-state index in [0.717, 1.165) is 16.9 Å².